The number of likely N-dealkylation sites (tertiary alicyclic amines) is 2. The second kappa shape index (κ2) is 6.77. The van der Waals surface area contributed by atoms with Crippen molar-refractivity contribution in [3.8, 4) is 0 Å². The van der Waals surface area contributed by atoms with Crippen molar-refractivity contribution in [1.29, 1.82) is 0 Å². The fourth-order valence-corrected chi connectivity index (χ4v) is 3.80. The average Bonchev–Trinajstić information content (AvgIpc) is 2.46. The van der Waals surface area contributed by atoms with Crippen molar-refractivity contribution in [3.63, 3.8) is 0 Å². The maximum absolute atomic E-state index is 12.8. The van der Waals surface area contributed by atoms with Gasteiger partial charge in [0.1, 0.15) is 0 Å². The number of nitrogens with two attached hydrogens (primary N) is 1. The van der Waals surface area contributed by atoms with Crippen molar-refractivity contribution >= 4 is 11.8 Å². The Balaban J connectivity index is 1.95. The molecular weight excluding hydrogens is 266 g/mol. The summed E-state index contributed by atoms with van der Waals surface area (Å²) in [6.45, 7) is 7.88. The highest BCUT2D eigenvalue weighted by atomic mass is 16.2. The zero-order valence-corrected chi connectivity index (χ0v) is 13.5. The van der Waals surface area contributed by atoms with Gasteiger partial charge in [-0.05, 0) is 66.0 Å². The third kappa shape index (κ3) is 3.57. The molecule has 0 bridgehead atoms. The van der Waals surface area contributed by atoms with Gasteiger partial charge in [-0.3, -0.25) is 14.5 Å². The lowest BCUT2D eigenvalue weighted by Crippen LogP contribution is -2.56. The molecule has 2 saturated heterocycles. The third-order valence-corrected chi connectivity index (χ3v) is 5.29. The largest absolute Gasteiger partial charge is 0.369 e. The van der Waals surface area contributed by atoms with Gasteiger partial charge in [-0.15, -0.1) is 0 Å². The summed E-state index contributed by atoms with van der Waals surface area (Å²) >= 11 is 0. The van der Waals surface area contributed by atoms with Crippen LogP contribution in [0.5, 0.6) is 0 Å². The highest BCUT2D eigenvalue weighted by Gasteiger charge is 2.35. The van der Waals surface area contributed by atoms with Gasteiger partial charge in [0.25, 0.3) is 0 Å². The molecule has 2 aliphatic rings. The number of hydrogen-bond acceptors (Lipinski definition) is 3. The minimum Gasteiger partial charge on any atom is -0.369 e. The van der Waals surface area contributed by atoms with E-state index in [4.69, 9.17) is 5.73 Å². The van der Waals surface area contributed by atoms with E-state index in [2.05, 4.69) is 23.6 Å². The quantitative estimate of drug-likeness (QED) is 0.855. The van der Waals surface area contributed by atoms with Gasteiger partial charge in [-0.25, -0.2) is 0 Å². The van der Waals surface area contributed by atoms with Crippen LogP contribution in [0.15, 0.2) is 0 Å². The highest BCUT2D eigenvalue weighted by molar-refractivity contribution is 5.82. The van der Waals surface area contributed by atoms with Crippen LogP contribution in [0.3, 0.4) is 0 Å². The lowest BCUT2D eigenvalue weighted by molar-refractivity contribution is -0.143. The van der Waals surface area contributed by atoms with Gasteiger partial charge >= 0.3 is 0 Å². The van der Waals surface area contributed by atoms with E-state index in [0.717, 1.165) is 38.8 Å². The number of piperidine rings is 2. The minimum absolute atomic E-state index is 0.0172. The maximum Gasteiger partial charge on any atom is 0.240 e. The minimum atomic E-state index is -0.202. The predicted octanol–water partition coefficient (Wildman–Crippen LogP) is 1.36. The van der Waals surface area contributed by atoms with Crippen LogP contribution in [-0.4, -0.2) is 52.8 Å². The molecule has 3 atom stereocenters. The molecule has 2 aliphatic heterocycles. The smallest absolute Gasteiger partial charge is 0.240 e. The Morgan fingerprint density at radius 2 is 1.57 bits per heavy atom. The first kappa shape index (κ1) is 16.3. The number of hydrogen-bond donors (Lipinski definition) is 1. The average molecular weight is 295 g/mol. The summed E-state index contributed by atoms with van der Waals surface area (Å²) in [5, 5.41) is 0. The van der Waals surface area contributed by atoms with Gasteiger partial charge in [-0.2, -0.15) is 0 Å². The Morgan fingerprint density at radius 1 is 1.05 bits per heavy atom. The number of nitrogens with zero attached hydrogens (tertiary/aromatic N) is 2. The summed E-state index contributed by atoms with van der Waals surface area (Å²) in [7, 11) is 0. The number of carbonyl (C=O) groups is 2. The normalized spacial score (nSPS) is 30.1. The van der Waals surface area contributed by atoms with Crippen LogP contribution in [0.25, 0.3) is 0 Å². The highest BCUT2D eigenvalue weighted by Crippen LogP contribution is 2.25. The summed E-state index contributed by atoms with van der Waals surface area (Å²) in [4.78, 5) is 28.3. The summed E-state index contributed by atoms with van der Waals surface area (Å²) in [5.74, 6) is 0.0236. The molecule has 0 spiro atoms. The molecule has 0 unspecified atom stereocenters. The van der Waals surface area contributed by atoms with Gasteiger partial charge in [0.15, 0.2) is 0 Å². The number of amides is 2. The number of primary amides is 1. The summed E-state index contributed by atoms with van der Waals surface area (Å²) < 4.78 is 0. The fourth-order valence-electron chi connectivity index (χ4n) is 3.80. The Kier molecular flexibility index (Phi) is 5.25. The Bertz CT molecular complexity index is 381. The lowest BCUT2D eigenvalue weighted by Gasteiger charge is -2.43. The van der Waals surface area contributed by atoms with Crippen molar-refractivity contribution in [2.24, 2.45) is 11.7 Å². The Morgan fingerprint density at radius 3 is 2.05 bits per heavy atom. The maximum atomic E-state index is 12.8. The summed E-state index contributed by atoms with van der Waals surface area (Å²) in [6.07, 6.45) is 4.97. The molecule has 0 radical (unpaired) electrons. The van der Waals surface area contributed by atoms with Crippen molar-refractivity contribution in [1.82, 2.24) is 9.80 Å². The van der Waals surface area contributed by atoms with E-state index in [9.17, 15) is 9.59 Å². The molecule has 0 aliphatic carbocycles. The SMILES string of the molecule is C[C@H](C(=O)N1[C@@H](C)CCC[C@@H]1C)N1CCC(C(N)=O)CC1. The van der Waals surface area contributed by atoms with Crippen LogP contribution >= 0.6 is 0 Å². The van der Waals surface area contributed by atoms with Crippen LogP contribution < -0.4 is 5.73 Å². The Labute approximate surface area is 127 Å². The van der Waals surface area contributed by atoms with Crippen molar-refractivity contribution in [3.05, 3.63) is 0 Å². The zero-order valence-electron chi connectivity index (χ0n) is 13.5. The van der Waals surface area contributed by atoms with Crippen LogP contribution in [0.4, 0.5) is 0 Å². The molecule has 5 heteroatoms. The van der Waals surface area contributed by atoms with Crippen molar-refractivity contribution < 1.29 is 9.59 Å². The molecule has 21 heavy (non-hydrogen) atoms. The van der Waals surface area contributed by atoms with Crippen molar-refractivity contribution in [2.45, 2.75) is 71.0 Å². The van der Waals surface area contributed by atoms with Crippen LogP contribution in [0.1, 0.15) is 52.9 Å². The molecule has 2 fully saturated rings. The van der Waals surface area contributed by atoms with E-state index in [1.807, 2.05) is 6.92 Å². The van der Waals surface area contributed by atoms with E-state index in [0.29, 0.717) is 12.1 Å². The summed E-state index contributed by atoms with van der Waals surface area (Å²) in [6, 6.07) is 0.584. The number of rotatable bonds is 3. The first-order valence-electron chi connectivity index (χ1n) is 8.27. The molecule has 2 heterocycles. The number of carbonyl (C=O) groups excluding carboxylic acids is 2. The van der Waals surface area contributed by atoms with E-state index in [1.54, 1.807) is 0 Å². The van der Waals surface area contributed by atoms with Crippen LogP contribution in [0.2, 0.25) is 0 Å². The third-order valence-electron chi connectivity index (χ3n) is 5.29. The molecule has 120 valence electrons. The molecule has 0 aromatic heterocycles. The molecule has 2 amide bonds. The van der Waals surface area contributed by atoms with E-state index < -0.39 is 0 Å². The monoisotopic (exact) mass is 295 g/mol. The molecule has 2 N–H and O–H groups in total. The molecule has 0 saturated carbocycles. The first-order valence-corrected chi connectivity index (χ1v) is 8.27. The van der Waals surface area contributed by atoms with Gasteiger partial charge in [0, 0.05) is 18.0 Å². The molecule has 0 aromatic rings. The molecule has 2 rings (SSSR count). The van der Waals surface area contributed by atoms with Gasteiger partial charge in [0.2, 0.25) is 11.8 Å². The topological polar surface area (TPSA) is 66.6 Å². The second-order valence-corrected chi connectivity index (χ2v) is 6.76. The zero-order chi connectivity index (χ0) is 15.6. The standard InChI is InChI=1S/C16H29N3O2/c1-11-5-4-6-12(2)19(11)16(21)13(3)18-9-7-14(8-10-18)15(17)20/h11-14H,4-10H2,1-3H3,(H2,17,20)/t11-,12-,13+/m0/s1. The summed E-state index contributed by atoms with van der Waals surface area (Å²) in [5.41, 5.74) is 5.37. The molecular formula is C16H29N3O2. The molecule has 5 nitrogen and oxygen atoms in total. The van der Waals surface area contributed by atoms with E-state index in [1.165, 1.54) is 6.42 Å². The lowest BCUT2D eigenvalue weighted by atomic mass is 9.94. The van der Waals surface area contributed by atoms with Crippen molar-refractivity contribution in [2.75, 3.05) is 13.1 Å². The molecule has 0 aromatic carbocycles. The van der Waals surface area contributed by atoms with Gasteiger partial charge < -0.3 is 10.6 Å². The van der Waals surface area contributed by atoms with E-state index >= 15 is 0 Å². The van der Waals surface area contributed by atoms with Gasteiger partial charge in [0.05, 0.1) is 6.04 Å². The Hall–Kier alpha value is -1.10. The first-order chi connectivity index (χ1) is 9.91. The van der Waals surface area contributed by atoms with Gasteiger partial charge in [-0.1, -0.05) is 0 Å². The van der Waals surface area contributed by atoms with Crippen LogP contribution in [0, 0.1) is 5.92 Å². The predicted molar refractivity (Wildman–Crippen MR) is 82.6 cm³/mol. The van der Waals surface area contributed by atoms with E-state index in [-0.39, 0.29) is 23.8 Å². The van der Waals surface area contributed by atoms with Crippen LogP contribution in [-0.2, 0) is 9.59 Å². The fraction of sp³-hybridized carbons (Fsp3) is 0.875. The second-order valence-electron chi connectivity index (χ2n) is 6.76.